The van der Waals surface area contributed by atoms with E-state index in [-0.39, 0.29) is 17.7 Å². The summed E-state index contributed by atoms with van der Waals surface area (Å²) in [7, 11) is 0. The maximum absolute atomic E-state index is 12.7. The fraction of sp³-hybridized carbons (Fsp3) is 0.269. The van der Waals surface area contributed by atoms with Crippen molar-refractivity contribution < 1.29 is 9.59 Å². The molecule has 3 aromatic rings. The van der Waals surface area contributed by atoms with Crippen LogP contribution in [0.2, 0.25) is 0 Å². The van der Waals surface area contributed by atoms with Crippen molar-refractivity contribution in [1.82, 2.24) is 19.8 Å². The van der Waals surface area contributed by atoms with E-state index in [1.807, 2.05) is 70.3 Å². The first-order valence-electron chi connectivity index (χ1n) is 11.0. The quantitative estimate of drug-likeness (QED) is 0.586. The van der Waals surface area contributed by atoms with E-state index in [0.717, 1.165) is 23.2 Å². The highest BCUT2D eigenvalue weighted by Gasteiger charge is 2.26. The zero-order chi connectivity index (χ0) is 22.2. The summed E-state index contributed by atoms with van der Waals surface area (Å²) in [5, 5.41) is 3.10. The highest BCUT2D eigenvalue weighted by molar-refractivity contribution is 5.92. The summed E-state index contributed by atoms with van der Waals surface area (Å²) in [6, 6.07) is 17.9. The molecule has 2 amide bonds. The summed E-state index contributed by atoms with van der Waals surface area (Å²) in [5.41, 5.74) is 3.27. The third-order valence-corrected chi connectivity index (χ3v) is 5.88. The molecule has 32 heavy (non-hydrogen) atoms. The normalized spacial score (nSPS) is 14.6. The average Bonchev–Trinajstić information content (AvgIpc) is 3.36. The minimum absolute atomic E-state index is 0.00106. The molecule has 1 aliphatic heterocycles. The molecular formula is C26H28N4O2. The molecule has 0 atom stereocenters. The summed E-state index contributed by atoms with van der Waals surface area (Å²) < 4.78 is 2.01. The van der Waals surface area contributed by atoms with Crippen LogP contribution in [0, 0.1) is 5.92 Å². The lowest BCUT2D eigenvalue weighted by Gasteiger charge is -2.30. The van der Waals surface area contributed by atoms with E-state index in [4.69, 9.17) is 0 Å². The topological polar surface area (TPSA) is 67.2 Å². The monoisotopic (exact) mass is 428 g/mol. The van der Waals surface area contributed by atoms with E-state index in [0.29, 0.717) is 32.5 Å². The van der Waals surface area contributed by atoms with Gasteiger partial charge in [0.25, 0.3) is 0 Å². The second-order valence-corrected chi connectivity index (χ2v) is 8.07. The van der Waals surface area contributed by atoms with Gasteiger partial charge in [0.2, 0.25) is 11.8 Å². The van der Waals surface area contributed by atoms with Gasteiger partial charge in [-0.3, -0.25) is 9.59 Å². The van der Waals surface area contributed by atoms with Gasteiger partial charge in [0, 0.05) is 50.6 Å². The first kappa shape index (κ1) is 21.6. The maximum Gasteiger partial charge on any atom is 0.246 e. The van der Waals surface area contributed by atoms with Crippen LogP contribution in [0.25, 0.3) is 6.08 Å². The molecule has 4 rings (SSSR count). The standard InChI is InChI=1S/C26H28N4O2/c31-25(11-10-21-6-2-1-3-7-21)30-15-12-22(13-16-30)26(32)28-18-23-8-4-5-9-24(23)19-29-17-14-27-20-29/h1-11,14,17,20,22H,12-13,15-16,18-19H2,(H,28,32). The highest BCUT2D eigenvalue weighted by Crippen LogP contribution is 2.19. The molecule has 0 spiro atoms. The number of rotatable bonds is 7. The Morgan fingerprint density at radius 2 is 1.72 bits per heavy atom. The Labute approximate surface area is 188 Å². The summed E-state index contributed by atoms with van der Waals surface area (Å²) in [6.07, 6.45) is 10.3. The highest BCUT2D eigenvalue weighted by atomic mass is 16.2. The van der Waals surface area contributed by atoms with Crippen LogP contribution in [-0.4, -0.2) is 39.4 Å². The molecule has 1 aliphatic rings. The van der Waals surface area contributed by atoms with Crippen molar-refractivity contribution in [2.24, 2.45) is 5.92 Å². The number of imidazole rings is 1. The summed E-state index contributed by atoms with van der Waals surface area (Å²) in [5.74, 6) is 0.00784. The number of aromatic nitrogens is 2. The Bertz CT molecular complexity index is 1050. The van der Waals surface area contributed by atoms with Gasteiger partial charge in [-0.15, -0.1) is 0 Å². The van der Waals surface area contributed by atoms with Gasteiger partial charge in [-0.25, -0.2) is 4.98 Å². The van der Waals surface area contributed by atoms with Crippen molar-refractivity contribution in [3.05, 3.63) is 96.1 Å². The number of likely N-dealkylation sites (tertiary alicyclic amines) is 1. The fourth-order valence-electron chi connectivity index (χ4n) is 3.99. The van der Waals surface area contributed by atoms with E-state index in [1.165, 1.54) is 0 Å². The summed E-state index contributed by atoms with van der Waals surface area (Å²) >= 11 is 0. The minimum atomic E-state index is -0.0574. The molecule has 1 aromatic heterocycles. The molecule has 164 valence electrons. The van der Waals surface area contributed by atoms with Gasteiger partial charge in [0.15, 0.2) is 0 Å². The van der Waals surface area contributed by atoms with Crippen LogP contribution in [0.3, 0.4) is 0 Å². The lowest BCUT2D eigenvalue weighted by molar-refractivity contribution is -0.132. The van der Waals surface area contributed by atoms with Crippen molar-refractivity contribution in [2.75, 3.05) is 13.1 Å². The Kier molecular flexibility index (Phi) is 7.12. The van der Waals surface area contributed by atoms with Gasteiger partial charge in [-0.2, -0.15) is 0 Å². The maximum atomic E-state index is 12.7. The van der Waals surface area contributed by atoms with E-state index < -0.39 is 0 Å². The number of nitrogens with zero attached hydrogens (tertiary/aromatic N) is 3. The largest absolute Gasteiger partial charge is 0.352 e. The summed E-state index contributed by atoms with van der Waals surface area (Å²) in [6.45, 7) is 2.44. The lowest BCUT2D eigenvalue weighted by Crippen LogP contribution is -2.42. The predicted octanol–water partition coefficient (Wildman–Crippen LogP) is 3.50. The molecule has 1 fully saturated rings. The first-order chi connectivity index (χ1) is 15.7. The smallest absolute Gasteiger partial charge is 0.246 e. The first-order valence-corrected chi connectivity index (χ1v) is 11.0. The minimum Gasteiger partial charge on any atom is -0.352 e. The molecule has 0 saturated carbocycles. The fourth-order valence-corrected chi connectivity index (χ4v) is 3.99. The Balaban J connectivity index is 1.25. The van der Waals surface area contributed by atoms with Crippen molar-refractivity contribution in [3.63, 3.8) is 0 Å². The molecule has 6 heteroatoms. The second kappa shape index (κ2) is 10.6. The Morgan fingerprint density at radius 1 is 1.00 bits per heavy atom. The predicted molar refractivity (Wildman–Crippen MR) is 124 cm³/mol. The number of benzene rings is 2. The van der Waals surface area contributed by atoms with Gasteiger partial charge >= 0.3 is 0 Å². The van der Waals surface area contributed by atoms with Gasteiger partial charge in [-0.1, -0.05) is 54.6 Å². The van der Waals surface area contributed by atoms with Crippen LogP contribution >= 0.6 is 0 Å². The average molecular weight is 429 g/mol. The van der Waals surface area contributed by atoms with Crippen LogP contribution in [0.4, 0.5) is 0 Å². The molecule has 2 heterocycles. The summed E-state index contributed by atoms with van der Waals surface area (Å²) in [4.78, 5) is 31.1. The number of hydrogen-bond donors (Lipinski definition) is 1. The van der Waals surface area contributed by atoms with Gasteiger partial charge in [0.05, 0.1) is 6.33 Å². The third-order valence-electron chi connectivity index (χ3n) is 5.88. The Hall–Kier alpha value is -3.67. The SMILES string of the molecule is O=C(NCc1ccccc1Cn1ccnc1)C1CCN(C(=O)C=Cc2ccccc2)CC1. The second-order valence-electron chi connectivity index (χ2n) is 8.07. The van der Waals surface area contributed by atoms with Crippen LogP contribution in [0.1, 0.15) is 29.5 Å². The number of hydrogen-bond acceptors (Lipinski definition) is 3. The van der Waals surface area contributed by atoms with Crippen LogP contribution in [0.5, 0.6) is 0 Å². The lowest BCUT2D eigenvalue weighted by atomic mass is 9.95. The van der Waals surface area contributed by atoms with Crippen LogP contribution in [0.15, 0.2) is 79.4 Å². The van der Waals surface area contributed by atoms with Crippen LogP contribution < -0.4 is 5.32 Å². The zero-order valence-corrected chi connectivity index (χ0v) is 18.1. The van der Waals surface area contributed by atoms with Gasteiger partial charge < -0.3 is 14.8 Å². The van der Waals surface area contributed by atoms with E-state index in [2.05, 4.69) is 16.4 Å². The third kappa shape index (κ3) is 5.72. The Morgan fingerprint density at radius 3 is 2.44 bits per heavy atom. The molecular weight excluding hydrogens is 400 g/mol. The van der Waals surface area contributed by atoms with Gasteiger partial charge in [-0.05, 0) is 35.6 Å². The van der Waals surface area contributed by atoms with Crippen molar-refractivity contribution in [2.45, 2.75) is 25.9 Å². The van der Waals surface area contributed by atoms with Crippen molar-refractivity contribution >= 4 is 17.9 Å². The van der Waals surface area contributed by atoms with E-state index in [9.17, 15) is 9.59 Å². The molecule has 0 unspecified atom stereocenters. The molecule has 0 radical (unpaired) electrons. The number of carbonyl (C=O) groups is 2. The number of carbonyl (C=O) groups excluding carboxylic acids is 2. The molecule has 0 aliphatic carbocycles. The number of piperidine rings is 1. The molecule has 1 N–H and O–H groups in total. The van der Waals surface area contributed by atoms with Crippen molar-refractivity contribution in [3.8, 4) is 0 Å². The number of nitrogens with one attached hydrogen (secondary N) is 1. The van der Waals surface area contributed by atoms with E-state index in [1.54, 1.807) is 18.6 Å². The molecule has 0 bridgehead atoms. The zero-order valence-electron chi connectivity index (χ0n) is 18.1. The van der Waals surface area contributed by atoms with Crippen molar-refractivity contribution in [1.29, 1.82) is 0 Å². The molecule has 6 nitrogen and oxygen atoms in total. The van der Waals surface area contributed by atoms with E-state index >= 15 is 0 Å². The number of amides is 2. The molecule has 1 saturated heterocycles. The van der Waals surface area contributed by atoms with Gasteiger partial charge in [0.1, 0.15) is 0 Å². The molecule has 2 aromatic carbocycles. The van der Waals surface area contributed by atoms with Crippen LogP contribution in [-0.2, 0) is 22.7 Å².